The van der Waals surface area contributed by atoms with Crippen LogP contribution in [0.2, 0.25) is 0 Å². The number of hydrogen-bond donors (Lipinski definition) is 2. The largest absolute Gasteiger partial charge is 0.472 e. The monoisotopic (exact) mass is 180 g/mol. The Bertz CT molecular complexity index is 291. The van der Waals surface area contributed by atoms with Gasteiger partial charge in [-0.05, 0) is 12.1 Å². The normalized spacial score (nSPS) is 11.8. The van der Waals surface area contributed by atoms with Crippen LogP contribution in [0.5, 0.6) is 0 Å². The molecule has 0 bridgehead atoms. The Balaban J connectivity index is 2.74. The lowest BCUT2D eigenvalue weighted by atomic mass is 10.3. The maximum Gasteiger partial charge on any atom is 0.472 e. The summed E-state index contributed by atoms with van der Waals surface area (Å²) in [7, 11) is 3.27. The van der Waals surface area contributed by atoms with E-state index in [1.165, 1.54) is 4.68 Å². The molecule has 0 aliphatic rings. The lowest BCUT2D eigenvalue weighted by Gasteiger charge is -2.02. The fraction of sp³-hybridized carbons (Fsp3) is 0.222. The fourth-order valence-electron chi connectivity index (χ4n) is 0.928. The van der Waals surface area contributed by atoms with Crippen LogP contribution in [0.25, 0.3) is 0 Å². The van der Waals surface area contributed by atoms with Gasteiger partial charge in [-0.3, -0.25) is 5.84 Å². The summed E-state index contributed by atoms with van der Waals surface area (Å²) in [5.74, 6) is 5.50. The molecule has 1 rings (SSSR count). The van der Waals surface area contributed by atoms with Crippen molar-refractivity contribution in [2.24, 2.45) is 5.84 Å². The third-order valence-corrected chi connectivity index (χ3v) is 1.54. The predicted molar refractivity (Wildman–Crippen MR) is 52.5 cm³/mol. The zero-order valence-corrected chi connectivity index (χ0v) is 7.82. The summed E-state index contributed by atoms with van der Waals surface area (Å²) in [6.45, 7) is 0. The molecule has 0 radical (unpaired) electrons. The first kappa shape index (κ1) is 9.38. The number of nitrogens with zero attached hydrogens (tertiary/aromatic N) is 1. The van der Waals surface area contributed by atoms with E-state index < -0.39 is 0 Å². The molecule has 0 fully saturated rings. The zero-order valence-electron chi connectivity index (χ0n) is 7.82. The van der Waals surface area contributed by atoms with Gasteiger partial charge in [-0.15, -0.1) is 4.68 Å². The highest BCUT2D eigenvalue weighted by atomic mass is 16.5. The topological polar surface area (TPSA) is 50.3 Å². The number of ether oxygens (including phenoxy) is 1. The molecule has 4 nitrogen and oxygen atoms in total. The van der Waals surface area contributed by atoms with Crippen molar-refractivity contribution in [1.29, 1.82) is 0 Å². The molecule has 1 aromatic rings. The van der Waals surface area contributed by atoms with Gasteiger partial charge in [0.15, 0.2) is 0 Å². The second-order valence-electron chi connectivity index (χ2n) is 2.61. The van der Waals surface area contributed by atoms with Crippen molar-refractivity contribution < 1.29 is 9.42 Å². The average molecular weight is 180 g/mol. The average Bonchev–Trinajstić information content (AvgIpc) is 2.15. The van der Waals surface area contributed by atoms with E-state index in [4.69, 9.17) is 10.6 Å². The zero-order chi connectivity index (χ0) is 9.68. The number of hydrazine groups is 1. The van der Waals surface area contributed by atoms with Gasteiger partial charge in [-0.2, -0.15) is 0 Å². The molecule has 0 spiro atoms. The molecule has 3 N–H and O–H groups in total. The van der Waals surface area contributed by atoms with E-state index in [1.807, 2.05) is 30.3 Å². The van der Waals surface area contributed by atoms with Crippen LogP contribution in [0.1, 0.15) is 0 Å². The van der Waals surface area contributed by atoms with Crippen LogP contribution >= 0.6 is 0 Å². The molecule has 4 heteroatoms. The van der Waals surface area contributed by atoms with Gasteiger partial charge in [0.25, 0.3) is 0 Å². The molecule has 1 aromatic carbocycles. The number of amidine groups is 1. The van der Waals surface area contributed by atoms with Gasteiger partial charge >= 0.3 is 6.02 Å². The third-order valence-electron chi connectivity index (χ3n) is 1.54. The number of nitrogens with one attached hydrogen (secondary N) is 1. The molecule has 70 valence electrons. The third kappa shape index (κ3) is 2.66. The summed E-state index contributed by atoms with van der Waals surface area (Å²) in [5, 5.41) is 3.02. The molecule has 0 amide bonds. The van der Waals surface area contributed by atoms with Crippen molar-refractivity contribution in [2.45, 2.75) is 0 Å². The van der Waals surface area contributed by atoms with Crippen molar-refractivity contribution in [3.05, 3.63) is 30.3 Å². The molecule has 0 heterocycles. The van der Waals surface area contributed by atoms with Gasteiger partial charge < -0.3 is 4.74 Å². The van der Waals surface area contributed by atoms with E-state index in [0.717, 1.165) is 5.69 Å². The first-order valence-corrected chi connectivity index (χ1v) is 3.95. The summed E-state index contributed by atoms with van der Waals surface area (Å²) >= 11 is 0. The van der Waals surface area contributed by atoms with Crippen molar-refractivity contribution >= 4 is 11.7 Å². The lowest BCUT2D eigenvalue weighted by molar-refractivity contribution is -0.517. The molecule has 0 saturated carbocycles. The fourth-order valence-corrected chi connectivity index (χ4v) is 0.928. The Kier molecular flexibility index (Phi) is 3.14. The Morgan fingerprint density at radius 2 is 2.00 bits per heavy atom. The predicted octanol–water partition coefficient (Wildman–Crippen LogP) is 0.617. The standard InChI is InChI=1S/C9H13N3O/c1-12(10)9(13-2)11-8-6-4-3-5-7-8/h3-7H,10H2,1-2H3/p+1. The molecule has 0 atom stereocenters. The quantitative estimate of drug-likeness (QED) is 0.219. The minimum Gasteiger partial charge on any atom is -0.433 e. The van der Waals surface area contributed by atoms with Crippen molar-refractivity contribution in [3.8, 4) is 0 Å². The Morgan fingerprint density at radius 3 is 2.46 bits per heavy atom. The highest BCUT2D eigenvalue weighted by molar-refractivity contribution is 5.84. The van der Waals surface area contributed by atoms with E-state index in [2.05, 4.69) is 5.32 Å². The molecule has 0 aromatic heterocycles. The summed E-state index contributed by atoms with van der Waals surface area (Å²) in [4.78, 5) is 0. The smallest absolute Gasteiger partial charge is 0.433 e. The minimum absolute atomic E-state index is 0.506. The second-order valence-corrected chi connectivity index (χ2v) is 2.61. The Labute approximate surface area is 77.6 Å². The lowest BCUT2D eigenvalue weighted by Crippen LogP contribution is -2.30. The van der Waals surface area contributed by atoms with E-state index in [9.17, 15) is 0 Å². The van der Waals surface area contributed by atoms with Gasteiger partial charge in [0.05, 0.1) is 7.11 Å². The number of hydrogen-bond acceptors (Lipinski definition) is 2. The molecule has 0 unspecified atom stereocenters. The number of para-hydroxylation sites is 1. The first-order chi connectivity index (χ1) is 6.24. The van der Waals surface area contributed by atoms with Gasteiger partial charge in [0.1, 0.15) is 12.7 Å². The number of methoxy groups -OCH3 is 1. The number of anilines is 1. The van der Waals surface area contributed by atoms with E-state index in [0.29, 0.717) is 6.02 Å². The molecular formula is C9H14N3O+. The second kappa shape index (κ2) is 4.35. The summed E-state index contributed by atoms with van der Waals surface area (Å²) in [5.41, 5.74) is 0.941. The highest BCUT2D eigenvalue weighted by Crippen LogP contribution is 2.04. The number of rotatable bonds is 1. The van der Waals surface area contributed by atoms with Crippen LogP contribution in [0.3, 0.4) is 0 Å². The van der Waals surface area contributed by atoms with Crippen LogP contribution in [-0.2, 0) is 4.74 Å². The van der Waals surface area contributed by atoms with Gasteiger partial charge in [0.2, 0.25) is 0 Å². The molecule has 0 aliphatic heterocycles. The van der Waals surface area contributed by atoms with Crippen LogP contribution in [0, 0.1) is 0 Å². The van der Waals surface area contributed by atoms with Gasteiger partial charge in [0, 0.05) is 0 Å². The number of nitrogens with two attached hydrogens (primary N) is 1. The van der Waals surface area contributed by atoms with Crippen LogP contribution < -0.4 is 11.2 Å². The van der Waals surface area contributed by atoms with Crippen molar-refractivity contribution in [1.82, 2.24) is 0 Å². The van der Waals surface area contributed by atoms with Crippen LogP contribution in [0.4, 0.5) is 5.69 Å². The maximum atomic E-state index is 5.50. The first-order valence-electron chi connectivity index (χ1n) is 3.95. The molecule has 0 aliphatic carbocycles. The van der Waals surface area contributed by atoms with E-state index >= 15 is 0 Å². The van der Waals surface area contributed by atoms with Crippen molar-refractivity contribution in [3.63, 3.8) is 0 Å². The highest BCUT2D eigenvalue weighted by Gasteiger charge is 2.08. The summed E-state index contributed by atoms with van der Waals surface area (Å²) in [6, 6.07) is 10.2. The van der Waals surface area contributed by atoms with E-state index in [1.54, 1.807) is 14.2 Å². The van der Waals surface area contributed by atoms with Crippen LogP contribution in [-0.4, -0.2) is 24.9 Å². The molecule has 0 saturated heterocycles. The van der Waals surface area contributed by atoms with Gasteiger partial charge in [-0.1, -0.05) is 18.2 Å². The van der Waals surface area contributed by atoms with E-state index in [-0.39, 0.29) is 0 Å². The van der Waals surface area contributed by atoms with Crippen molar-refractivity contribution in [2.75, 3.05) is 19.5 Å². The Hall–Kier alpha value is -1.71. The number of hydrazone groups is 1. The Morgan fingerprint density at radius 1 is 1.38 bits per heavy atom. The van der Waals surface area contributed by atoms with Crippen LogP contribution in [0.15, 0.2) is 30.3 Å². The molecule has 13 heavy (non-hydrogen) atoms. The molecular weight excluding hydrogens is 166 g/mol. The maximum absolute atomic E-state index is 5.50. The van der Waals surface area contributed by atoms with Gasteiger partial charge in [-0.25, -0.2) is 5.32 Å². The SMILES string of the molecule is COC(Nc1ccccc1)=[N+](C)N. The minimum atomic E-state index is 0.506. The number of benzene rings is 1. The summed E-state index contributed by atoms with van der Waals surface area (Å²) in [6.07, 6.45) is 0. The summed E-state index contributed by atoms with van der Waals surface area (Å²) < 4.78 is 6.40.